The van der Waals surface area contributed by atoms with Crippen LogP contribution in [0.15, 0.2) is 0 Å². The molecule has 0 aromatic heterocycles. The minimum absolute atomic E-state index is 0. The molecule has 0 saturated carbocycles. The highest BCUT2D eigenvalue weighted by Crippen LogP contribution is 2.31. The number of hydrogen-bond donors (Lipinski definition) is 15. The SMILES string of the molecule is C.CC(C)CC(N)=O.CCN(CCCCCCN)CCOC1O[C@@H](C)CCC1O.NCCCCCCN(CCOC1OCCCC1O)CCO[C@H]1OC(CO[C@H]2OC(CO)[C@@H](O)C(O)C2O)[C@@H](O)C(O[C@H]2OC(CO)[C@@H](O)C(O)C2O)C1O. The van der Waals surface area contributed by atoms with Crippen LogP contribution in [0.3, 0.4) is 0 Å². The van der Waals surface area contributed by atoms with E-state index in [0.29, 0.717) is 58.2 Å². The van der Waals surface area contributed by atoms with E-state index in [1.807, 2.05) is 20.8 Å². The second-order valence-electron chi connectivity index (χ2n) is 22.1. The summed E-state index contributed by atoms with van der Waals surface area (Å²) in [6.45, 7) is 13.3. The molecule has 5 fully saturated rings. The van der Waals surface area contributed by atoms with E-state index in [2.05, 4.69) is 16.7 Å². The smallest absolute Gasteiger partial charge is 0.217 e. The van der Waals surface area contributed by atoms with E-state index in [1.54, 1.807) is 0 Å². The number of nitrogens with zero attached hydrogens (tertiary/aromatic N) is 2. The Morgan fingerprint density at radius 2 is 1.02 bits per heavy atom. The lowest BCUT2D eigenvalue weighted by Gasteiger charge is -2.46. The van der Waals surface area contributed by atoms with Gasteiger partial charge in [0.05, 0.1) is 45.7 Å². The van der Waals surface area contributed by atoms with Gasteiger partial charge in [-0.25, -0.2) is 0 Å². The van der Waals surface area contributed by atoms with Crippen LogP contribution in [-0.2, 0) is 52.2 Å². The zero-order valence-electron chi connectivity index (χ0n) is 48.9. The molecule has 494 valence electrons. The van der Waals surface area contributed by atoms with Gasteiger partial charge in [0.25, 0.3) is 0 Å². The van der Waals surface area contributed by atoms with Gasteiger partial charge in [-0.15, -0.1) is 0 Å². The zero-order valence-corrected chi connectivity index (χ0v) is 48.9. The van der Waals surface area contributed by atoms with Gasteiger partial charge < -0.3 is 131 Å². The fourth-order valence-corrected chi connectivity index (χ4v) is 9.77. The number of aliphatic hydroxyl groups is 12. The number of carbonyl (C=O) groups is 1. The topological polar surface area (TPSA) is 437 Å². The van der Waals surface area contributed by atoms with Crippen LogP contribution >= 0.6 is 0 Å². The van der Waals surface area contributed by atoms with Crippen LogP contribution in [0.2, 0.25) is 0 Å². The van der Waals surface area contributed by atoms with Crippen LogP contribution in [0.5, 0.6) is 0 Å². The number of nitrogens with two attached hydrogens (primary N) is 3. The largest absolute Gasteiger partial charge is 0.394 e. The second-order valence-corrected chi connectivity index (χ2v) is 22.1. The number of amides is 1. The van der Waals surface area contributed by atoms with Crippen molar-refractivity contribution < 1.29 is 113 Å². The highest BCUT2D eigenvalue weighted by Gasteiger charge is 2.52. The molecule has 0 bridgehead atoms. The van der Waals surface area contributed by atoms with Crippen molar-refractivity contribution in [2.75, 3.05) is 98.6 Å². The zero-order chi connectivity index (χ0) is 60.7. The maximum absolute atomic E-state index is 11.4. The molecule has 0 aromatic carbocycles. The highest BCUT2D eigenvalue weighted by atomic mass is 16.8. The summed E-state index contributed by atoms with van der Waals surface area (Å²) in [6, 6.07) is 0. The Morgan fingerprint density at radius 3 is 1.54 bits per heavy atom. The second kappa shape index (κ2) is 43.2. The Kier molecular flexibility index (Phi) is 40.3. The number of carbonyl (C=O) groups excluding carboxylic acids is 1. The van der Waals surface area contributed by atoms with Crippen LogP contribution in [0.4, 0.5) is 0 Å². The Morgan fingerprint density at radius 1 is 0.542 bits per heavy atom. The first-order chi connectivity index (χ1) is 39.2. The van der Waals surface area contributed by atoms with Crippen LogP contribution in [-0.4, -0.2) is 299 Å². The number of primary amides is 1. The van der Waals surface area contributed by atoms with Gasteiger partial charge in [0.1, 0.15) is 85.5 Å². The summed E-state index contributed by atoms with van der Waals surface area (Å²) in [7, 11) is 0. The molecule has 5 aliphatic rings. The summed E-state index contributed by atoms with van der Waals surface area (Å²) in [4.78, 5) is 14.5. The van der Waals surface area contributed by atoms with E-state index in [-0.39, 0.29) is 32.7 Å². The third kappa shape index (κ3) is 27.8. The number of likely N-dealkylation sites (N-methyl/N-ethyl adjacent to an activating group) is 1. The summed E-state index contributed by atoms with van der Waals surface area (Å²) < 4.78 is 56.7. The van der Waals surface area contributed by atoms with E-state index >= 15 is 0 Å². The molecule has 5 saturated heterocycles. The van der Waals surface area contributed by atoms with Crippen molar-refractivity contribution in [3.05, 3.63) is 0 Å². The van der Waals surface area contributed by atoms with Crippen molar-refractivity contribution in [2.24, 2.45) is 23.1 Å². The van der Waals surface area contributed by atoms with Gasteiger partial charge in [-0.1, -0.05) is 53.9 Å². The molecule has 18 N–H and O–H groups in total. The van der Waals surface area contributed by atoms with Crippen molar-refractivity contribution in [1.29, 1.82) is 0 Å². The van der Waals surface area contributed by atoms with Gasteiger partial charge in [-0.3, -0.25) is 9.69 Å². The highest BCUT2D eigenvalue weighted by molar-refractivity contribution is 5.73. The molecule has 0 aliphatic carbocycles. The van der Waals surface area contributed by atoms with Crippen molar-refractivity contribution in [1.82, 2.24) is 9.80 Å². The van der Waals surface area contributed by atoms with Gasteiger partial charge in [-0.05, 0) is 96.9 Å². The summed E-state index contributed by atoms with van der Waals surface area (Å²) in [5.74, 6) is 0.188. The Bertz CT molecular complexity index is 1630. The number of unbranched alkanes of at least 4 members (excludes halogenated alkanes) is 6. The predicted molar refractivity (Wildman–Crippen MR) is 300 cm³/mol. The van der Waals surface area contributed by atoms with E-state index in [1.165, 1.54) is 19.3 Å². The van der Waals surface area contributed by atoms with Crippen molar-refractivity contribution in [3.63, 3.8) is 0 Å². The van der Waals surface area contributed by atoms with E-state index in [4.69, 9.17) is 64.6 Å². The molecule has 5 aliphatic heterocycles. The standard InChI is InChI=1S/C33H62N2O19.C16H34N2O3.C5H11NO.CH4/c34-7-3-1-2-4-8-35(9-12-48-30-17(38)6-5-11-47-30)10-13-49-32-28(46)29(54-33-27(45)25(43)22(40)19(15-37)52-33)23(41)20(53-32)16-50-31-26(44)24(42)21(39)18(14-36)51-31;1-3-18(11-7-5-4-6-10-17)12-13-20-16-15(19)9-8-14(2)21-16;1-4(2)3-5(6)7;/h17-33,36-46H,1-16,34H2;14-16,19H,3-13,17H2,1-2H3;4H,3H2,1-2H3,(H2,6,7);1H4/t17?,18?,19?,20?,21-,22-,23-,24?,25?,26?,27?,28?,29?,30?,31+,32+,33-;14-,15?,16?;;/m10../s1. The predicted octanol–water partition coefficient (Wildman–Crippen LogP) is -3.33. The lowest BCUT2D eigenvalue weighted by molar-refractivity contribution is -0.366. The molecule has 1 amide bonds. The first-order valence-corrected chi connectivity index (χ1v) is 29.7. The fourth-order valence-electron chi connectivity index (χ4n) is 9.77. The number of rotatable bonds is 34. The molecule has 28 nitrogen and oxygen atoms in total. The average Bonchev–Trinajstić information content (AvgIpc) is 3.46. The quantitative estimate of drug-likeness (QED) is 0.0280. The molecule has 5 rings (SSSR count). The Hall–Kier alpha value is -1.57. The number of ether oxygens (including phenoxy) is 10. The van der Waals surface area contributed by atoms with Crippen LogP contribution in [0, 0.1) is 5.92 Å². The Balaban J connectivity index is 0.000000667. The summed E-state index contributed by atoms with van der Waals surface area (Å²) >= 11 is 0. The first kappa shape index (κ1) is 77.5. The average molecular weight is 1210 g/mol. The maximum Gasteiger partial charge on any atom is 0.217 e. The number of aliphatic hydroxyl groups excluding tert-OH is 12. The minimum atomic E-state index is -1.87. The van der Waals surface area contributed by atoms with Gasteiger partial charge >= 0.3 is 0 Å². The molecular weight excluding hydrogens is 1100 g/mol. The summed E-state index contributed by atoms with van der Waals surface area (Å²) in [5, 5.41) is 124. The fraction of sp³-hybridized carbons (Fsp3) is 0.982. The van der Waals surface area contributed by atoms with Crippen LogP contribution < -0.4 is 17.2 Å². The summed E-state index contributed by atoms with van der Waals surface area (Å²) in [6.07, 6.45) is -14.7. The first-order valence-electron chi connectivity index (χ1n) is 29.7. The molecule has 28 heteroatoms. The normalized spacial score (nSPS) is 34.9. The van der Waals surface area contributed by atoms with Crippen molar-refractivity contribution >= 4 is 5.91 Å². The molecule has 0 aromatic rings. The van der Waals surface area contributed by atoms with Gasteiger partial charge in [0.2, 0.25) is 5.91 Å². The summed E-state index contributed by atoms with van der Waals surface area (Å²) in [5.41, 5.74) is 16.0. The van der Waals surface area contributed by atoms with E-state index in [0.717, 1.165) is 77.5 Å². The lowest BCUT2D eigenvalue weighted by atomic mass is 9.96. The maximum atomic E-state index is 11.4. The molecule has 0 spiro atoms. The minimum Gasteiger partial charge on any atom is -0.394 e. The van der Waals surface area contributed by atoms with E-state index in [9.17, 15) is 66.1 Å². The van der Waals surface area contributed by atoms with Crippen molar-refractivity contribution in [3.8, 4) is 0 Å². The third-order valence-electron chi connectivity index (χ3n) is 14.8. The monoisotopic (exact) mass is 1210 g/mol. The number of hydrogen-bond acceptors (Lipinski definition) is 27. The van der Waals surface area contributed by atoms with Crippen LogP contribution in [0.25, 0.3) is 0 Å². The van der Waals surface area contributed by atoms with E-state index < -0.39 is 137 Å². The van der Waals surface area contributed by atoms with Crippen molar-refractivity contribution in [2.45, 2.75) is 242 Å². The van der Waals surface area contributed by atoms with Gasteiger partial charge in [0, 0.05) is 32.7 Å². The third-order valence-corrected chi connectivity index (χ3v) is 14.8. The molecular formula is C55H111N5O23. The van der Waals surface area contributed by atoms with Gasteiger partial charge in [0.15, 0.2) is 31.5 Å². The van der Waals surface area contributed by atoms with Gasteiger partial charge in [-0.2, -0.15) is 0 Å². The lowest BCUT2D eigenvalue weighted by Crippen LogP contribution is -2.65. The molecule has 20 atom stereocenters. The molecule has 83 heavy (non-hydrogen) atoms. The molecule has 0 radical (unpaired) electrons. The Labute approximate surface area is 491 Å². The van der Waals surface area contributed by atoms with Crippen LogP contribution in [0.1, 0.15) is 119 Å². The molecule has 13 unspecified atom stereocenters. The molecule has 5 heterocycles.